The monoisotopic (exact) mass is 338 g/mol. The molecule has 132 valence electrons. The highest BCUT2D eigenvalue weighted by Crippen LogP contribution is 2.15. The van der Waals surface area contributed by atoms with Gasteiger partial charge in [0.05, 0.1) is 0 Å². The van der Waals surface area contributed by atoms with Crippen molar-refractivity contribution in [1.29, 1.82) is 0 Å². The number of carbonyl (C=O) groups excluding carboxylic acids is 1. The average Bonchev–Trinajstić information content (AvgIpc) is 2.68. The Morgan fingerprint density at radius 3 is 2.40 bits per heavy atom. The summed E-state index contributed by atoms with van der Waals surface area (Å²) in [6.45, 7) is 3.92. The van der Waals surface area contributed by atoms with E-state index >= 15 is 0 Å². The first kappa shape index (κ1) is 17.4. The minimum absolute atomic E-state index is 0.147. The standard InChI is InChI=1S/C20H26N4O/c1-2-16-4-6-17(7-5-16)8-9-19(25)23-18-10-14-24(15-11-18)20-21-12-3-13-22-20/h3-7,12-13,18H,2,8-11,14-15H2,1H3,(H,23,25). The molecule has 2 aromatic rings. The van der Waals surface area contributed by atoms with Crippen molar-refractivity contribution in [1.82, 2.24) is 15.3 Å². The van der Waals surface area contributed by atoms with Gasteiger partial charge in [-0.05, 0) is 42.9 Å². The second-order valence-corrected chi connectivity index (χ2v) is 6.55. The van der Waals surface area contributed by atoms with E-state index in [1.807, 2.05) is 6.07 Å². The predicted octanol–water partition coefficient (Wildman–Crippen LogP) is 2.76. The summed E-state index contributed by atoms with van der Waals surface area (Å²) in [6.07, 6.45) is 7.81. The van der Waals surface area contributed by atoms with E-state index in [4.69, 9.17) is 0 Å². The number of hydrogen-bond acceptors (Lipinski definition) is 4. The van der Waals surface area contributed by atoms with Crippen LogP contribution in [0.3, 0.4) is 0 Å². The Labute approximate surface area is 149 Å². The van der Waals surface area contributed by atoms with Gasteiger partial charge in [-0.2, -0.15) is 0 Å². The first-order valence-corrected chi connectivity index (χ1v) is 9.13. The number of aromatic nitrogens is 2. The van der Waals surface area contributed by atoms with E-state index < -0.39 is 0 Å². The molecule has 3 rings (SSSR count). The molecule has 1 saturated heterocycles. The van der Waals surface area contributed by atoms with Crippen molar-refractivity contribution in [3.63, 3.8) is 0 Å². The Balaban J connectivity index is 1.40. The topological polar surface area (TPSA) is 58.1 Å². The largest absolute Gasteiger partial charge is 0.353 e. The van der Waals surface area contributed by atoms with Crippen LogP contribution in [-0.2, 0) is 17.6 Å². The molecule has 25 heavy (non-hydrogen) atoms. The fourth-order valence-corrected chi connectivity index (χ4v) is 3.18. The van der Waals surface area contributed by atoms with Gasteiger partial charge in [0.2, 0.25) is 11.9 Å². The Bertz CT molecular complexity index is 664. The molecule has 0 aliphatic carbocycles. The van der Waals surface area contributed by atoms with Crippen molar-refractivity contribution in [3.8, 4) is 0 Å². The van der Waals surface area contributed by atoms with Crippen molar-refractivity contribution in [3.05, 3.63) is 53.9 Å². The van der Waals surface area contributed by atoms with Crippen molar-refractivity contribution in [2.75, 3.05) is 18.0 Å². The zero-order valence-corrected chi connectivity index (χ0v) is 14.8. The van der Waals surface area contributed by atoms with Gasteiger partial charge in [0.15, 0.2) is 0 Å². The zero-order chi connectivity index (χ0) is 17.5. The first-order chi connectivity index (χ1) is 12.2. The smallest absolute Gasteiger partial charge is 0.225 e. The Kier molecular flexibility index (Phi) is 5.99. The van der Waals surface area contributed by atoms with E-state index in [1.54, 1.807) is 12.4 Å². The normalized spacial score (nSPS) is 15.2. The zero-order valence-electron chi connectivity index (χ0n) is 14.8. The van der Waals surface area contributed by atoms with Gasteiger partial charge in [0, 0.05) is 37.9 Å². The lowest BCUT2D eigenvalue weighted by atomic mass is 10.0. The summed E-state index contributed by atoms with van der Waals surface area (Å²) in [5.41, 5.74) is 2.56. The van der Waals surface area contributed by atoms with E-state index in [-0.39, 0.29) is 11.9 Å². The molecule has 5 nitrogen and oxygen atoms in total. The molecular formula is C20H26N4O. The molecular weight excluding hydrogens is 312 g/mol. The van der Waals surface area contributed by atoms with Crippen LogP contribution < -0.4 is 10.2 Å². The van der Waals surface area contributed by atoms with Crippen LogP contribution in [0, 0.1) is 0 Å². The lowest BCUT2D eigenvalue weighted by Gasteiger charge is -2.32. The van der Waals surface area contributed by atoms with Crippen LogP contribution in [-0.4, -0.2) is 35.0 Å². The highest BCUT2D eigenvalue weighted by molar-refractivity contribution is 5.76. The van der Waals surface area contributed by atoms with Crippen LogP contribution in [0.15, 0.2) is 42.7 Å². The van der Waals surface area contributed by atoms with Crippen LogP contribution in [0.25, 0.3) is 0 Å². The van der Waals surface area contributed by atoms with Gasteiger partial charge in [0.1, 0.15) is 0 Å². The molecule has 0 radical (unpaired) electrons. The van der Waals surface area contributed by atoms with Crippen LogP contribution in [0.5, 0.6) is 0 Å². The number of amides is 1. The molecule has 1 aliphatic heterocycles. The van der Waals surface area contributed by atoms with E-state index in [1.165, 1.54) is 11.1 Å². The lowest BCUT2D eigenvalue weighted by molar-refractivity contribution is -0.121. The molecule has 1 aromatic heterocycles. The molecule has 2 heterocycles. The van der Waals surface area contributed by atoms with Crippen molar-refractivity contribution in [2.24, 2.45) is 0 Å². The fourth-order valence-electron chi connectivity index (χ4n) is 3.18. The number of carbonyl (C=O) groups is 1. The summed E-state index contributed by atoms with van der Waals surface area (Å²) in [5, 5.41) is 3.18. The quantitative estimate of drug-likeness (QED) is 0.880. The molecule has 1 fully saturated rings. The number of nitrogens with one attached hydrogen (secondary N) is 1. The van der Waals surface area contributed by atoms with Crippen LogP contribution >= 0.6 is 0 Å². The molecule has 1 N–H and O–H groups in total. The van der Waals surface area contributed by atoms with Crippen LogP contribution in [0.2, 0.25) is 0 Å². The minimum Gasteiger partial charge on any atom is -0.353 e. The number of benzene rings is 1. The van der Waals surface area contributed by atoms with Crippen molar-refractivity contribution >= 4 is 11.9 Å². The maximum atomic E-state index is 12.2. The molecule has 0 atom stereocenters. The second-order valence-electron chi connectivity index (χ2n) is 6.55. The predicted molar refractivity (Wildman–Crippen MR) is 99.6 cm³/mol. The Morgan fingerprint density at radius 1 is 1.12 bits per heavy atom. The number of hydrogen-bond donors (Lipinski definition) is 1. The summed E-state index contributed by atoms with van der Waals surface area (Å²) in [6, 6.07) is 10.6. The molecule has 0 bridgehead atoms. The molecule has 0 unspecified atom stereocenters. The summed E-state index contributed by atoms with van der Waals surface area (Å²) in [7, 11) is 0. The van der Waals surface area contributed by atoms with Gasteiger partial charge in [-0.25, -0.2) is 9.97 Å². The maximum Gasteiger partial charge on any atom is 0.225 e. The number of aryl methyl sites for hydroxylation is 2. The van der Waals surface area contributed by atoms with Gasteiger partial charge in [-0.3, -0.25) is 4.79 Å². The average molecular weight is 338 g/mol. The van der Waals surface area contributed by atoms with E-state index in [0.29, 0.717) is 6.42 Å². The highest BCUT2D eigenvalue weighted by Gasteiger charge is 2.21. The summed E-state index contributed by atoms with van der Waals surface area (Å²) >= 11 is 0. The lowest BCUT2D eigenvalue weighted by Crippen LogP contribution is -2.45. The Hall–Kier alpha value is -2.43. The molecule has 1 aromatic carbocycles. The maximum absolute atomic E-state index is 12.2. The summed E-state index contributed by atoms with van der Waals surface area (Å²) in [5.74, 6) is 0.928. The van der Waals surface area contributed by atoms with Gasteiger partial charge < -0.3 is 10.2 Å². The summed E-state index contributed by atoms with van der Waals surface area (Å²) < 4.78 is 0. The number of nitrogens with zero attached hydrogens (tertiary/aromatic N) is 3. The molecule has 1 aliphatic rings. The third kappa shape index (κ3) is 5.02. The third-order valence-electron chi connectivity index (χ3n) is 4.77. The van der Waals surface area contributed by atoms with Gasteiger partial charge >= 0.3 is 0 Å². The first-order valence-electron chi connectivity index (χ1n) is 9.13. The highest BCUT2D eigenvalue weighted by atomic mass is 16.1. The van der Waals surface area contributed by atoms with E-state index in [2.05, 4.69) is 51.4 Å². The van der Waals surface area contributed by atoms with E-state index in [0.717, 1.165) is 44.7 Å². The van der Waals surface area contributed by atoms with Gasteiger partial charge in [0.25, 0.3) is 0 Å². The number of anilines is 1. The van der Waals surface area contributed by atoms with Crippen molar-refractivity contribution in [2.45, 2.75) is 45.1 Å². The molecule has 1 amide bonds. The number of piperidine rings is 1. The Morgan fingerprint density at radius 2 is 1.76 bits per heavy atom. The van der Waals surface area contributed by atoms with Gasteiger partial charge in [-0.1, -0.05) is 31.2 Å². The van der Waals surface area contributed by atoms with Crippen LogP contribution in [0.1, 0.15) is 37.3 Å². The summed E-state index contributed by atoms with van der Waals surface area (Å²) in [4.78, 5) is 23.0. The SMILES string of the molecule is CCc1ccc(CCC(=O)NC2CCN(c3ncccn3)CC2)cc1. The molecule has 0 spiro atoms. The minimum atomic E-state index is 0.147. The van der Waals surface area contributed by atoms with Crippen LogP contribution in [0.4, 0.5) is 5.95 Å². The third-order valence-corrected chi connectivity index (χ3v) is 4.77. The van der Waals surface area contributed by atoms with Crippen molar-refractivity contribution < 1.29 is 4.79 Å². The number of rotatable bonds is 6. The molecule has 0 saturated carbocycles. The second kappa shape index (κ2) is 8.60. The fraction of sp³-hybridized carbons (Fsp3) is 0.450. The van der Waals surface area contributed by atoms with E-state index in [9.17, 15) is 4.79 Å². The van der Waals surface area contributed by atoms with Gasteiger partial charge in [-0.15, -0.1) is 0 Å². The molecule has 5 heteroatoms.